The molecule has 0 bridgehead atoms. The van der Waals surface area contributed by atoms with Crippen LogP contribution in [0.4, 0.5) is 0 Å². The molecule has 24 heavy (non-hydrogen) atoms. The summed E-state index contributed by atoms with van der Waals surface area (Å²) < 4.78 is 5.66. The Kier molecular flexibility index (Phi) is 9.51. The maximum absolute atomic E-state index is 5.66. The van der Waals surface area contributed by atoms with E-state index in [0.29, 0.717) is 0 Å². The summed E-state index contributed by atoms with van der Waals surface area (Å²) in [4.78, 5) is 7.22. The fourth-order valence-corrected chi connectivity index (χ4v) is 3.22. The Hall–Kier alpha value is -0.810. The minimum atomic E-state index is 0.842. The van der Waals surface area contributed by atoms with Crippen molar-refractivity contribution >= 4 is 5.96 Å². The van der Waals surface area contributed by atoms with Crippen molar-refractivity contribution in [3.8, 4) is 0 Å². The first-order valence-corrected chi connectivity index (χ1v) is 10.1. The van der Waals surface area contributed by atoms with E-state index in [1.54, 1.807) is 0 Å². The maximum Gasteiger partial charge on any atom is 0.191 e. The maximum atomic E-state index is 5.66. The highest BCUT2D eigenvalue weighted by Crippen LogP contribution is 2.28. The Bertz CT molecular complexity index is 349. The van der Waals surface area contributed by atoms with Crippen LogP contribution < -0.4 is 10.6 Å². The lowest BCUT2D eigenvalue weighted by atomic mass is 9.93. The third-order valence-corrected chi connectivity index (χ3v) is 5.11. The van der Waals surface area contributed by atoms with Gasteiger partial charge in [0.25, 0.3) is 0 Å². The molecule has 2 aliphatic rings. The molecule has 1 aliphatic carbocycles. The van der Waals surface area contributed by atoms with Crippen LogP contribution in [0.2, 0.25) is 0 Å². The van der Waals surface area contributed by atoms with E-state index in [1.165, 1.54) is 51.7 Å². The van der Waals surface area contributed by atoms with Crippen LogP contribution in [-0.4, -0.2) is 63.3 Å². The summed E-state index contributed by atoms with van der Waals surface area (Å²) >= 11 is 0. The van der Waals surface area contributed by atoms with E-state index >= 15 is 0 Å². The van der Waals surface area contributed by atoms with Crippen molar-refractivity contribution in [2.45, 2.75) is 52.4 Å². The number of rotatable bonds is 11. The number of hydrogen-bond acceptors (Lipinski definition) is 3. The molecule has 2 N–H and O–H groups in total. The van der Waals surface area contributed by atoms with Crippen molar-refractivity contribution in [2.24, 2.45) is 16.8 Å². The van der Waals surface area contributed by atoms with Crippen molar-refractivity contribution < 1.29 is 4.74 Å². The summed E-state index contributed by atoms with van der Waals surface area (Å²) in [6, 6.07) is 0. The largest absolute Gasteiger partial charge is 0.381 e. The van der Waals surface area contributed by atoms with Crippen molar-refractivity contribution in [2.75, 3.05) is 52.5 Å². The van der Waals surface area contributed by atoms with Gasteiger partial charge in [-0.05, 0) is 76.9 Å². The number of piperidine rings is 1. The van der Waals surface area contributed by atoms with Gasteiger partial charge in [0.05, 0.1) is 0 Å². The van der Waals surface area contributed by atoms with E-state index in [4.69, 9.17) is 4.74 Å². The van der Waals surface area contributed by atoms with E-state index < -0.39 is 0 Å². The van der Waals surface area contributed by atoms with Gasteiger partial charge in [-0.25, -0.2) is 0 Å². The van der Waals surface area contributed by atoms with Crippen LogP contribution in [-0.2, 0) is 4.74 Å². The van der Waals surface area contributed by atoms with Gasteiger partial charge in [-0.1, -0.05) is 6.92 Å². The molecule has 0 amide bonds. The number of guanidine groups is 1. The Labute approximate surface area is 148 Å². The zero-order valence-electron chi connectivity index (χ0n) is 15.9. The highest BCUT2D eigenvalue weighted by molar-refractivity contribution is 5.79. The van der Waals surface area contributed by atoms with E-state index in [2.05, 4.69) is 34.4 Å². The molecule has 1 heterocycles. The van der Waals surface area contributed by atoms with Crippen LogP contribution in [0, 0.1) is 11.8 Å². The molecule has 5 heteroatoms. The average Bonchev–Trinajstić information content (AvgIpc) is 3.43. The van der Waals surface area contributed by atoms with Gasteiger partial charge in [-0.3, -0.25) is 4.99 Å². The number of nitrogens with one attached hydrogen (secondary N) is 2. The van der Waals surface area contributed by atoms with Crippen molar-refractivity contribution in [3.63, 3.8) is 0 Å². The van der Waals surface area contributed by atoms with Gasteiger partial charge in [0.1, 0.15) is 0 Å². The van der Waals surface area contributed by atoms with E-state index in [-0.39, 0.29) is 0 Å². The molecule has 0 aromatic carbocycles. The summed E-state index contributed by atoms with van der Waals surface area (Å²) in [7, 11) is 0. The number of nitrogens with zero attached hydrogens (tertiary/aromatic N) is 2. The lowest BCUT2D eigenvalue weighted by Crippen LogP contribution is -2.39. The summed E-state index contributed by atoms with van der Waals surface area (Å²) in [5.41, 5.74) is 0. The number of hydrogen-bond donors (Lipinski definition) is 2. The normalized spacial score (nSPS) is 20.3. The second kappa shape index (κ2) is 11.7. The minimum Gasteiger partial charge on any atom is -0.381 e. The van der Waals surface area contributed by atoms with Gasteiger partial charge in [0.2, 0.25) is 0 Å². The molecule has 1 saturated heterocycles. The van der Waals surface area contributed by atoms with Crippen molar-refractivity contribution in [1.29, 1.82) is 0 Å². The van der Waals surface area contributed by atoms with E-state index in [0.717, 1.165) is 57.1 Å². The Morgan fingerprint density at radius 3 is 2.54 bits per heavy atom. The molecule has 0 atom stereocenters. The van der Waals surface area contributed by atoms with Gasteiger partial charge in [-0.2, -0.15) is 0 Å². The number of likely N-dealkylation sites (tertiary alicyclic amines) is 1. The van der Waals surface area contributed by atoms with Crippen molar-refractivity contribution in [1.82, 2.24) is 15.5 Å². The highest BCUT2D eigenvalue weighted by atomic mass is 16.5. The van der Waals surface area contributed by atoms with Crippen LogP contribution in [0.1, 0.15) is 52.4 Å². The Balaban J connectivity index is 1.53. The third kappa shape index (κ3) is 8.34. The molecule has 1 aliphatic heterocycles. The number of ether oxygens (including phenoxy) is 1. The SMILES string of the molecule is CCNC(=NCCCOCC1CC1)NCCC1CCN(CC)CC1. The zero-order valence-corrected chi connectivity index (χ0v) is 15.9. The molecule has 2 fully saturated rings. The summed E-state index contributed by atoms with van der Waals surface area (Å²) in [6.45, 7) is 12.7. The molecule has 0 aromatic rings. The molecule has 0 radical (unpaired) electrons. The standard InChI is InChI=1S/C19H38N4O/c1-3-20-19(21-11-5-15-24-16-18-6-7-18)22-12-8-17-9-13-23(4-2)14-10-17/h17-18H,3-16H2,1-2H3,(H2,20,21,22). The molecule has 5 nitrogen and oxygen atoms in total. The van der Waals surface area contributed by atoms with E-state index in [1.807, 2.05) is 0 Å². The lowest BCUT2D eigenvalue weighted by Gasteiger charge is -2.31. The van der Waals surface area contributed by atoms with Gasteiger partial charge >= 0.3 is 0 Å². The molecule has 0 spiro atoms. The van der Waals surface area contributed by atoms with Gasteiger partial charge in [-0.15, -0.1) is 0 Å². The highest BCUT2D eigenvalue weighted by Gasteiger charge is 2.20. The first kappa shape index (κ1) is 19.5. The molecule has 0 unspecified atom stereocenters. The smallest absolute Gasteiger partial charge is 0.191 e. The van der Waals surface area contributed by atoms with Crippen LogP contribution >= 0.6 is 0 Å². The second-order valence-electron chi connectivity index (χ2n) is 7.23. The lowest BCUT2D eigenvalue weighted by molar-refractivity contribution is 0.123. The quantitative estimate of drug-likeness (QED) is 0.345. The first-order valence-electron chi connectivity index (χ1n) is 10.1. The summed E-state index contributed by atoms with van der Waals surface area (Å²) in [6.07, 6.45) is 7.70. The Morgan fingerprint density at radius 1 is 1.08 bits per heavy atom. The molecule has 140 valence electrons. The molecule has 2 rings (SSSR count). The minimum absolute atomic E-state index is 0.842. The molecule has 1 saturated carbocycles. The van der Waals surface area contributed by atoms with Gasteiger partial charge in [0.15, 0.2) is 5.96 Å². The van der Waals surface area contributed by atoms with Crippen LogP contribution in [0.15, 0.2) is 4.99 Å². The van der Waals surface area contributed by atoms with Crippen molar-refractivity contribution in [3.05, 3.63) is 0 Å². The predicted octanol–water partition coefficient (Wildman–Crippen LogP) is 2.48. The van der Waals surface area contributed by atoms with Gasteiger partial charge < -0.3 is 20.3 Å². The monoisotopic (exact) mass is 338 g/mol. The third-order valence-electron chi connectivity index (χ3n) is 5.11. The summed E-state index contributed by atoms with van der Waals surface area (Å²) in [5, 5.41) is 6.84. The first-order chi connectivity index (χ1) is 11.8. The topological polar surface area (TPSA) is 48.9 Å². The zero-order chi connectivity index (χ0) is 17.0. The Morgan fingerprint density at radius 2 is 1.88 bits per heavy atom. The molecular formula is C19H38N4O. The molecule has 0 aromatic heterocycles. The second-order valence-corrected chi connectivity index (χ2v) is 7.23. The van der Waals surface area contributed by atoms with Gasteiger partial charge in [0, 0.05) is 32.8 Å². The van der Waals surface area contributed by atoms with Crippen LogP contribution in [0.25, 0.3) is 0 Å². The average molecular weight is 339 g/mol. The summed E-state index contributed by atoms with van der Waals surface area (Å²) in [5.74, 6) is 2.70. The van der Waals surface area contributed by atoms with E-state index in [9.17, 15) is 0 Å². The fourth-order valence-electron chi connectivity index (χ4n) is 3.22. The number of aliphatic imine (C=N–C) groups is 1. The predicted molar refractivity (Wildman–Crippen MR) is 102 cm³/mol. The molecular weight excluding hydrogens is 300 g/mol. The fraction of sp³-hybridized carbons (Fsp3) is 0.947. The van der Waals surface area contributed by atoms with Crippen LogP contribution in [0.5, 0.6) is 0 Å². The van der Waals surface area contributed by atoms with Crippen LogP contribution in [0.3, 0.4) is 0 Å².